The van der Waals surface area contributed by atoms with Crippen LogP contribution in [0.2, 0.25) is 0 Å². The summed E-state index contributed by atoms with van der Waals surface area (Å²) < 4.78 is 5.32. The van der Waals surface area contributed by atoms with E-state index in [-0.39, 0.29) is 11.8 Å². The van der Waals surface area contributed by atoms with Crippen molar-refractivity contribution in [2.75, 3.05) is 13.7 Å². The summed E-state index contributed by atoms with van der Waals surface area (Å²) in [7, 11) is 1.62. The van der Waals surface area contributed by atoms with Crippen LogP contribution in [0.4, 0.5) is 0 Å². The summed E-state index contributed by atoms with van der Waals surface area (Å²) in [5, 5.41) is 0.810. The van der Waals surface area contributed by atoms with Gasteiger partial charge in [0, 0.05) is 6.54 Å². The lowest BCUT2D eigenvalue weighted by molar-refractivity contribution is -0.122. The number of aromatic nitrogens is 1. The SMILES string of the molecule is COc1cccc(-c2sc(C)nc2C(=O)N2CC3CC(C)CC3C2C(N)=O)c1. The molecule has 28 heavy (non-hydrogen) atoms. The molecule has 2 amide bonds. The van der Waals surface area contributed by atoms with E-state index in [1.807, 2.05) is 31.2 Å². The molecule has 1 aromatic carbocycles. The number of nitrogens with two attached hydrogens (primary N) is 1. The fourth-order valence-corrected chi connectivity index (χ4v) is 5.79. The number of benzene rings is 1. The Morgan fingerprint density at radius 3 is 2.82 bits per heavy atom. The van der Waals surface area contributed by atoms with Gasteiger partial charge in [-0.05, 0) is 55.2 Å². The fraction of sp³-hybridized carbons (Fsp3) is 0.476. The van der Waals surface area contributed by atoms with E-state index in [9.17, 15) is 9.59 Å². The number of fused-ring (bicyclic) bond motifs is 1. The highest BCUT2D eigenvalue weighted by Crippen LogP contribution is 2.46. The minimum Gasteiger partial charge on any atom is -0.497 e. The number of aryl methyl sites for hydroxylation is 1. The first kappa shape index (κ1) is 18.9. The molecule has 7 heteroatoms. The van der Waals surface area contributed by atoms with Crippen molar-refractivity contribution in [3.05, 3.63) is 35.0 Å². The van der Waals surface area contributed by atoms with Crippen LogP contribution in [0, 0.1) is 24.7 Å². The minimum absolute atomic E-state index is 0.163. The average Bonchev–Trinajstić information content (AvgIpc) is 3.32. The second kappa shape index (κ2) is 7.20. The van der Waals surface area contributed by atoms with Gasteiger partial charge in [0.25, 0.3) is 5.91 Å². The summed E-state index contributed by atoms with van der Waals surface area (Å²) in [4.78, 5) is 32.7. The zero-order valence-corrected chi connectivity index (χ0v) is 17.2. The molecule has 2 N–H and O–H groups in total. The molecule has 4 unspecified atom stereocenters. The third kappa shape index (κ3) is 3.17. The monoisotopic (exact) mass is 399 g/mol. The van der Waals surface area contributed by atoms with Crippen molar-refractivity contribution < 1.29 is 14.3 Å². The van der Waals surface area contributed by atoms with Crippen LogP contribution >= 0.6 is 11.3 Å². The van der Waals surface area contributed by atoms with Gasteiger partial charge in [-0.15, -0.1) is 11.3 Å². The van der Waals surface area contributed by atoms with Crippen LogP contribution in [0.25, 0.3) is 10.4 Å². The molecular weight excluding hydrogens is 374 g/mol. The first-order chi connectivity index (χ1) is 13.4. The summed E-state index contributed by atoms with van der Waals surface area (Å²) in [6, 6.07) is 7.06. The first-order valence-electron chi connectivity index (χ1n) is 9.61. The molecule has 6 nitrogen and oxygen atoms in total. The summed E-state index contributed by atoms with van der Waals surface area (Å²) in [6.07, 6.45) is 1.98. The van der Waals surface area contributed by atoms with Gasteiger partial charge in [0.15, 0.2) is 0 Å². The van der Waals surface area contributed by atoms with Crippen LogP contribution in [0.3, 0.4) is 0 Å². The number of rotatable bonds is 4. The highest BCUT2D eigenvalue weighted by molar-refractivity contribution is 7.15. The first-order valence-corrected chi connectivity index (χ1v) is 10.4. The van der Waals surface area contributed by atoms with E-state index in [0.717, 1.165) is 34.0 Å². The van der Waals surface area contributed by atoms with E-state index in [1.54, 1.807) is 12.0 Å². The van der Waals surface area contributed by atoms with E-state index in [4.69, 9.17) is 10.5 Å². The maximum Gasteiger partial charge on any atom is 0.274 e. The van der Waals surface area contributed by atoms with Crippen LogP contribution in [0.5, 0.6) is 5.75 Å². The molecule has 2 aliphatic rings. The molecular formula is C21H25N3O3S. The molecule has 0 radical (unpaired) electrons. The number of nitrogens with zero attached hydrogens (tertiary/aromatic N) is 2. The lowest BCUT2D eigenvalue weighted by atomic mass is 9.93. The number of carbonyl (C=O) groups is 2. The third-order valence-electron chi connectivity index (χ3n) is 5.98. The number of hydrogen-bond acceptors (Lipinski definition) is 5. The summed E-state index contributed by atoms with van der Waals surface area (Å²) in [5.41, 5.74) is 7.01. The molecule has 0 bridgehead atoms. The molecule has 2 aromatic rings. The molecule has 1 aliphatic carbocycles. The standard InChI is InChI=1S/C21H25N3O3S/c1-11-7-14-10-24(18(20(22)25)16(14)8-11)21(26)17-19(28-12(2)23-17)13-5-4-6-15(9-13)27-3/h4-6,9,11,14,16,18H,7-8,10H2,1-3H3,(H2,22,25). The number of primary amides is 1. The number of methoxy groups -OCH3 is 1. The van der Waals surface area contributed by atoms with Crippen LogP contribution in [0.1, 0.15) is 35.3 Å². The van der Waals surface area contributed by atoms with Gasteiger partial charge in [0.05, 0.1) is 17.0 Å². The lowest BCUT2D eigenvalue weighted by Crippen LogP contribution is -2.46. The Hall–Kier alpha value is -2.41. The second-order valence-electron chi connectivity index (χ2n) is 7.95. The van der Waals surface area contributed by atoms with Crippen molar-refractivity contribution in [2.45, 2.75) is 32.7 Å². The number of hydrogen-bond donors (Lipinski definition) is 1. The summed E-state index contributed by atoms with van der Waals surface area (Å²) in [5.74, 6) is 1.19. The van der Waals surface area contributed by atoms with Crippen molar-refractivity contribution in [1.29, 1.82) is 0 Å². The molecule has 1 saturated carbocycles. The summed E-state index contributed by atoms with van der Waals surface area (Å²) in [6.45, 7) is 4.67. The Morgan fingerprint density at radius 1 is 1.32 bits per heavy atom. The van der Waals surface area contributed by atoms with Crippen molar-refractivity contribution in [3.8, 4) is 16.2 Å². The predicted octanol–water partition coefficient (Wildman–Crippen LogP) is 3.10. The third-order valence-corrected chi connectivity index (χ3v) is 7.00. The van der Waals surface area contributed by atoms with E-state index >= 15 is 0 Å². The van der Waals surface area contributed by atoms with Crippen molar-refractivity contribution >= 4 is 23.2 Å². The molecule has 1 saturated heterocycles. The Bertz CT molecular complexity index is 925. The minimum atomic E-state index is -0.539. The van der Waals surface area contributed by atoms with Gasteiger partial charge in [-0.25, -0.2) is 4.98 Å². The van der Waals surface area contributed by atoms with E-state index < -0.39 is 11.9 Å². The Kier molecular flexibility index (Phi) is 4.87. The number of ether oxygens (including phenoxy) is 1. The van der Waals surface area contributed by atoms with E-state index in [1.165, 1.54) is 11.3 Å². The predicted molar refractivity (Wildman–Crippen MR) is 108 cm³/mol. The van der Waals surface area contributed by atoms with Gasteiger partial charge in [0.1, 0.15) is 17.5 Å². The second-order valence-corrected chi connectivity index (χ2v) is 9.15. The molecule has 4 rings (SSSR count). The van der Waals surface area contributed by atoms with Gasteiger partial charge in [0.2, 0.25) is 5.91 Å². The number of thiazole rings is 1. The molecule has 2 fully saturated rings. The summed E-state index contributed by atoms with van der Waals surface area (Å²) >= 11 is 1.47. The smallest absolute Gasteiger partial charge is 0.274 e. The topological polar surface area (TPSA) is 85.5 Å². The van der Waals surface area contributed by atoms with Crippen molar-refractivity contribution in [2.24, 2.45) is 23.5 Å². The highest BCUT2D eigenvalue weighted by atomic mass is 32.1. The van der Waals surface area contributed by atoms with Gasteiger partial charge in [-0.2, -0.15) is 0 Å². The molecule has 1 aliphatic heterocycles. The Balaban J connectivity index is 1.70. The van der Waals surface area contributed by atoms with Crippen LogP contribution in [-0.4, -0.2) is 41.4 Å². The zero-order chi connectivity index (χ0) is 20.0. The Morgan fingerprint density at radius 2 is 2.11 bits per heavy atom. The zero-order valence-electron chi connectivity index (χ0n) is 16.3. The maximum atomic E-state index is 13.5. The number of likely N-dealkylation sites (tertiary alicyclic amines) is 1. The molecule has 4 atom stereocenters. The highest BCUT2D eigenvalue weighted by Gasteiger charge is 2.51. The van der Waals surface area contributed by atoms with Gasteiger partial charge in [-0.3, -0.25) is 9.59 Å². The molecule has 2 heterocycles. The van der Waals surface area contributed by atoms with Gasteiger partial charge in [-0.1, -0.05) is 19.1 Å². The normalized spacial score (nSPS) is 26.3. The number of carbonyl (C=O) groups excluding carboxylic acids is 2. The number of amides is 2. The van der Waals surface area contributed by atoms with Crippen LogP contribution < -0.4 is 10.5 Å². The van der Waals surface area contributed by atoms with Gasteiger partial charge >= 0.3 is 0 Å². The lowest BCUT2D eigenvalue weighted by Gasteiger charge is -2.25. The quantitative estimate of drug-likeness (QED) is 0.856. The molecule has 1 aromatic heterocycles. The molecule has 148 valence electrons. The van der Waals surface area contributed by atoms with E-state index in [0.29, 0.717) is 24.1 Å². The van der Waals surface area contributed by atoms with Crippen molar-refractivity contribution in [1.82, 2.24) is 9.88 Å². The average molecular weight is 400 g/mol. The van der Waals surface area contributed by atoms with Crippen molar-refractivity contribution in [3.63, 3.8) is 0 Å². The largest absolute Gasteiger partial charge is 0.497 e. The molecule has 0 spiro atoms. The Labute approximate surface area is 168 Å². The van der Waals surface area contributed by atoms with Crippen LogP contribution in [0.15, 0.2) is 24.3 Å². The van der Waals surface area contributed by atoms with Gasteiger partial charge < -0.3 is 15.4 Å². The van der Waals surface area contributed by atoms with E-state index in [2.05, 4.69) is 11.9 Å². The maximum absolute atomic E-state index is 13.5. The van der Waals surface area contributed by atoms with Crippen LogP contribution in [-0.2, 0) is 4.79 Å². The fourth-order valence-electron chi connectivity index (χ4n) is 4.88.